The van der Waals surface area contributed by atoms with Gasteiger partial charge in [-0.1, -0.05) is 42.5 Å². The van der Waals surface area contributed by atoms with Crippen LogP contribution in [0.4, 0.5) is 0 Å². The lowest BCUT2D eigenvalue weighted by Crippen LogP contribution is -2.50. The molecule has 2 aromatic carbocycles. The maximum atomic E-state index is 12.8. The van der Waals surface area contributed by atoms with Gasteiger partial charge in [0.25, 0.3) is 10.0 Å². The van der Waals surface area contributed by atoms with Crippen LogP contribution in [0.25, 0.3) is 0 Å². The monoisotopic (exact) mass is 400 g/mol. The predicted octanol–water partition coefficient (Wildman–Crippen LogP) is 1.23. The fourth-order valence-electron chi connectivity index (χ4n) is 3.53. The van der Waals surface area contributed by atoms with Crippen molar-refractivity contribution in [1.82, 2.24) is 4.90 Å². The maximum absolute atomic E-state index is 12.8. The second kappa shape index (κ2) is 7.14. The second-order valence-electron chi connectivity index (χ2n) is 6.54. The summed E-state index contributed by atoms with van der Waals surface area (Å²) < 4.78 is 35.3. The van der Waals surface area contributed by atoms with Crippen LogP contribution in [-0.4, -0.2) is 55.5 Å². The minimum absolute atomic E-state index is 0.0892. The Labute approximate surface area is 163 Å². The van der Waals surface area contributed by atoms with Crippen molar-refractivity contribution in [2.45, 2.75) is 10.7 Å². The zero-order valence-electron chi connectivity index (χ0n) is 15.0. The van der Waals surface area contributed by atoms with Crippen LogP contribution < -0.4 is 0 Å². The predicted molar refractivity (Wildman–Crippen MR) is 103 cm³/mol. The van der Waals surface area contributed by atoms with Gasteiger partial charge in [-0.3, -0.25) is 0 Å². The molecule has 146 valence electrons. The number of aliphatic hydroxyl groups excluding tert-OH is 1. The molecule has 0 saturated carbocycles. The van der Waals surface area contributed by atoms with Gasteiger partial charge in [0, 0.05) is 24.2 Å². The number of hydrogen-bond acceptors (Lipinski definition) is 6. The standard InChI is InChI=1S/C20H20N2O5S/c23-12-10-22-11-13-27-20(24)17-9-5-4-8-16(17)18(14-19(20)22)21-28(25,26)15-6-2-1-3-7-15/h1-9,14,23-24H,10-13H2/b21-18-. The lowest BCUT2D eigenvalue weighted by Gasteiger charge is -2.45. The Morgan fingerprint density at radius 3 is 2.57 bits per heavy atom. The third-order valence-electron chi connectivity index (χ3n) is 4.83. The largest absolute Gasteiger partial charge is 0.395 e. The number of β-amino-alcohol motifs (C(OH)–C–C–N with tert-alkyl or cyclic N) is 1. The van der Waals surface area contributed by atoms with Crippen molar-refractivity contribution < 1.29 is 23.4 Å². The SMILES string of the molecule is O=S(=O)(/N=C1/C=C2N(CCO)CCOC2(O)c2ccccc21)c1ccccc1. The Morgan fingerprint density at radius 1 is 1.11 bits per heavy atom. The quantitative estimate of drug-likeness (QED) is 0.801. The topological polar surface area (TPSA) is 99.4 Å². The van der Waals surface area contributed by atoms with Crippen molar-refractivity contribution in [3.8, 4) is 0 Å². The number of nitrogens with zero attached hydrogens (tertiary/aromatic N) is 2. The molecule has 0 bridgehead atoms. The van der Waals surface area contributed by atoms with Crippen molar-refractivity contribution in [2.24, 2.45) is 4.40 Å². The molecular formula is C20H20N2O5S. The highest BCUT2D eigenvalue weighted by atomic mass is 32.2. The Kier molecular flexibility index (Phi) is 4.80. The molecule has 1 heterocycles. The summed E-state index contributed by atoms with van der Waals surface area (Å²) in [6.07, 6.45) is 1.53. The van der Waals surface area contributed by atoms with E-state index < -0.39 is 15.8 Å². The van der Waals surface area contributed by atoms with Crippen LogP contribution in [0.5, 0.6) is 0 Å². The molecule has 28 heavy (non-hydrogen) atoms. The van der Waals surface area contributed by atoms with Crippen LogP contribution >= 0.6 is 0 Å². The molecule has 1 aliphatic heterocycles. The van der Waals surface area contributed by atoms with Gasteiger partial charge in [-0.05, 0) is 18.2 Å². The number of ether oxygens (including phenoxy) is 1. The molecule has 7 nitrogen and oxygen atoms in total. The smallest absolute Gasteiger partial charge is 0.282 e. The number of rotatable bonds is 4. The summed E-state index contributed by atoms with van der Waals surface area (Å²) in [4.78, 5) is 1.87. The number of aliphatic hydroxyl groups is 2. The Bertz CT molecular complexity index is 1050. The van der Waals surface area contributed by atoms with Gasteiger partial charge in [0.15, 0.2) is 0 Å². The molecular weight excluding hydrogens is 380 g/mol. The van der Waals surface area contributed by atoms with Crippen molar-refractivity contribution >= 4 is 15.7 Å². The van der Waals surface area contributed by atoms with Crippen LogP contribution in [0.2, 0.25) is 0 Å². The van der Waals surface area contributed by atoms with Gasteiger partial charge in [-0.2, -0.15) is 12.8 Å². The van der Waals surface area contributed by atoms with Gasteiger partial charge in [-0.15, -0.1) is 0 Å². The molecule has 0 radical (unpaired) electrons. The fourth-order valence-corrected chi connectivity index (χ4v) is 4.55. The molecule has 8 heteroatoms. The molecule has 4 rings (SSSR count). The van der Waals surface area contributed by atoms with E-state index in [1.54, 1.807) is 47.4 Å². The van der Waals surface area contributed by atoms with E-state index >= 15 is 0 Å². The van der Waals surface area contributed by atoms with Crippen molar-refractivity contribution in [3.63, 3.8) is 0 Å². The van der Waals surface area contributed by atoms with Crippen molar-refractivity contribution in [3.05, 3.63) is 77.5 Å². The molecule has 0 spiro atoms. The summed E-state index contributed by atoms with van der Waals surface area (Å²) in [6, 6.07) is 14.9. The van der Waals surface area contributed by atoms with E-state index in [0.717, 1.165) is 0 Å². The second-order valence-corrected chi connectivity index (χ2v) is 8.15. The molecule has 1 saturated heterocycles. The number of hydrogen-bond donors (Lipinski definition) is 2. The van der Waals surface area contributed by atoms with E-state index in [1.165, 1.54) is 18.2 Å². The van der Waals surface area contributed by atoms with E-state index in [-0.39, 0.29) is 23.8 Å². The van der Waals surface area contributed by atoms with Crippen LogP contribution in [0, 0.1) is 0 Å². The van der Waals surface area contributed by atoms with Crippen LogP contribution in [0.15, 0.2) is 75.7 Å². The van der Waals surface area contributed by atoms with E-state index in [4.69, 9.17) is 4.74 Å². The zero-order chi connectivity index (χ0) is 19.8. The zero-order valence-corrected chi connectivity index (χ0v) is 15.8. The minimum Gasteiger partial charge on any atom is -0.395 e. The number of sulfonamides is 1. The molecule has 2 N–H and O–H groups in total. The third kappa shape index (κ3) is 3.14. The first-order chi connectivity index (χ1) is 13.5. The van der Waals surface area contributed by atoms with E-state index in [9.17, 15) is 18.6 Å². The van der Waals surface area contributed by atoms with E-state index in [1.807, 2.05) is 0 Å². The van der Waals surface area contributed by atoms with Crippen molar-refractivity contribution in [1.29, 1.82) is 0 Å². The number of morpholine rings is 1. The van der Waals surface area contributed by atoms with Gasteiger partial charge in [0.05, 0.1) is 29.5 Å². The molecule has 1 atom stereocenters. The first kappa shape index (κ1) is 18.8. The Morgan fingerprint density at radius 2 is 1.82 bits per heavy atom. The first-order valence-electron chi connectivity index (χ1n) is 8.90. The lowest BCUT2D eigenvalue weighted by molar-refractivity contribution is -0.219. The number of fused-ring (bicyclic) bond motifs is 3. The molecule has 1 fully saturated rings. The normalized spacial score (nSPS) is 23.1. The van der Waals surface area contributed by atoms with Gasteiger partial charge in [0.1, 0.15) is 0 Å². The molecule has 1 unspecified atom stereocenters. The van der Waals surface area contributed by atoms with Crippen LogP contribution in [-0.2, 0) is 20.5 Å². The van der Waals surface area contributed by atoms with Crippen LogP contribution in [0.1, 0.15) is 11.1 Å². The van der Waals surface area contributed by atoms with Gasteiger partial charge in [0.2, 0.25) is 5.79 Å². The van der Waals surface area contributed by atoms with Crippen molar-refractivity contribution in [2.75, 3.05) is 26.3 Å². The van der Waals surface area contributed by atoms with Crippen LogP contribution in [0.3, 0.4) is 0 Å². The summed E-state index contributed by atoms with van der Waals surface area (Å²) in [5, 5.41) is 20.6. The number of benzene rings is 2. The fraction of sp³-hybridized carbons (Fsp3) is 0.250. The Hall–Kier alpha value is -2.52. The van der Waals surface area contributed by atoms with Gasteiger partial charge in [-0.25, -0.2) is 0 Å². The maximum Gasteiger partial charge on any atom is 0.282 e. The van der Waals surface area contributed by atoms with Gasteiger partial charge < -0.3 is 19.8 Å². The van der Waals surface area contributed by atoms with E-state index in [0.29, 0.717) is 29.9 Å². The average molecular weight is 400 g/mol. The first-order valence-corrected chi connectivity index (χ1v) is 10.3. The van der Waals surface area contributed by atoms with Gasteiger partial charge >= 0.3 is 0 Å². The molecule has 2 aliphatic rings. The molecule has 0 aromatic heterocycles. The highest BCUT2D eigenvalue weighted by Crippen LogP contribution is 2.41. The Balaban J connectivity index is 1.90. The third-order valence-corrected chi connectivity index (χ3v) is 6.14. The summed E-state index contributed by atoms with van der Waals surface area (Å²) in [7, 11) is -3.94. The highest BCUT2D eigenvalue weighted by molar-refractivity contribution is 7.90. The molecule has 2 aromatic rings. The summed E-state index contributed by atoms with van der Waals surface area (Å²) in [5.74, 6) is -1.71. The average Bonchev–Trinajstić information content (AvgIpc) is 2.70. The summed E-state index contributed by atoms with van der Waals surface area (Å²) >= 11 is 0. The highest BCUT2D eigenvalue weighted by Gasteiger charge is 2.46. The van der Waals surface area contributed by atoms with E-state index in [2.05, 4.69) is 4.40 Å². The molecule has 1 aliphatic carbocycles. The summed E-state index contributed by atoms with van der Waals surface area (Å²) in [6.45, 7) is 0.925. The lowest BCUT2D eigenvalue weighted by atomic mass is 9.86. The summed E-state index contributed by atoms with van der Waals surface area (Å²) in [5.41, 5.74) is 1.50. The minimum atomic E-state index is -3.94. The molecule has 0 amide bonds. The number of allylic oxidation sites excluding steroid dienone is 1.